The summed E-state index contributed by atoms with van der Waals surface area (Å²) in [5.74, 6) is -1.20. The van der Waals surface area contributed by atoms with Crippen molar-refractivity contribution in [1.82, 2.24) is 4.31 Å². The van der Waals surface area contributed by atoms with Crippen LogP contribution in [0, 0.1) is 0 Å². The fourth-order valence-corrected chi connectivity index (χ4v) is 4.31. The Morgan fingerprint density at radius 3 is 2.39 bits per heavy atom. The standard InChI is InChI=1S/C20H21NO6S/c1-14(2)27-13-15-7-9-16(10-8-15)20(23)26-12-11-21-19(22)17-5-3-4-6-18(17)28(21,24)25/h3-10,14H,11-13H2,1-2H3. The molecule has 148 valence electrons. The smallest absolute Gasteiger partial charge is 0.338 e. The van der Waals surface area contributed by atoms with Crippen molar-refractivity contribution >= 4 is 21.9 Å². The highest BCUT2D eigenvalue weighted by atomic mass is 32.2. The summed E-state index contributed by atoms with van der Waals surface area (Å²) in [5, 5.41) is 0. The molecule has 0 bridgehead atoms. The second-order valence-corrected chi connectivity index (χ2v) is 8.40. The van der Waals surface area contributed by atoms with Gasteiger partial charge in [0.05, 0.1) is 30.4 Å². The Bertz CT molecular complexity index is 982. The van der Waals surface area contributed by atoms with Gasteiger partial charge in [-0.3, -0.25) is 4.79 Å². The number of hydrogen-bond donors (Lipinski definition) is 0. The lowest BCUT2D eigenvalue weighted by atomic mass is 10.1. The molecule has 0 N–H and O–H groups in total. The highest BCUT2D eigenvalue weighted by Crippen LogP contribution is 2.29. The van der Waals surface area contributed by atoms with Crippen molar-refractivity contribution in [1.29, 1.82) is 0 Å². The molecule has 3 rings (SSSR count). The van der Waals surface area contributed by atoms with Gasteiger partial charge in [0.15, 0.2) is 0 Å². The van der Waals surface area contributed by atoms with Crippen molar-refractivity contribution in [3.63, 3.8) is 0 Å². The van der Waals surface area contributed by atoms with E-state index in [4.69, 9.17) is 9.47 Å². The van der Waals surface area contributed by atoms with E-state index in [0.717, 1.165) is 9.87 Å². The fourth-order valence-electron chi connectivity index (χ4n) is 2.76. The minimum Gasteiger partial charge on any atom is -0.460 e. The third-order valence-electron chi connectivity index (χ3n) is 4.21. The van der Waals surface area contributed by atoms with Crippen molar-refractivity contribution in [2.45, 2.75) is 31.5 Å². The number of benzene rings is 2. The van der Waals surface area contributed by atoms with Crippen molar-refractivity contribution < 1.29 is 27.5 Å². The van der Waals surface area contributed by atoms with Crippen LogP contribution in [0.5, 0.6) is 0 Å². The Kier molecular flexibility index (Phi) is 5.81. The minimum absolute atomic E-state index is 0.0227. The number of amides is 1. The molecule has 0 unspecified atom stereocenters. The molecular weight excluding hydrogens is 382 g/mol. The first-order chi connectivity index (χ1) is 13.3. The zero-order valence-electron chi connectivity index (χ0n) is 15.6. The van der Waals surface area contributed by atoms with Crippen LogP contribution in [0.2, 0.25) is 0 Å². The number of fused-ring (bicyclic) bond motifs is 1. The van der Waals surface area contributed by atoms with Gasteiger partial charge in [-0.2, -0.15) is 0 Å². The largest absolute Gasteiger partial charge is 0.460 e. The number of sulfonamides is 1. The number of nitrogens with zero attached hydrogens (tertiary/aromatic N) is 1. The van der Waals surface area contributed by atoms with Crippen LogP contribution in [0.15, 0.2) is 53.4 Å². The summed E-state index contributed by atoms with van der Waals surface area (Å²) in [5.41, 5.74) is 1.40. The average Bonchev–Trinajstić information content (AvgIpc) is 2.87. The number of carbonyl (C=O) groups excluding carboxylic acids is 2. The first-order valence-electron chi connectivity index (χ1n) is 8.84. The zero-order valence-corrected chi connectivity index (χ0v) is 16.4. The molecule has 0 saturated heterocycles. The number of hydrogen-bond acceptors (Lipinski definition) is 6. The van der Waals surface area contributed by atoms with E-state index >= 15 is 0 Å². The van der Waals surface area contributed by atoms with Crippen LogP contribution in [-0.2, 0) is 26.1 Å². The van der Waals surface area contributed by atoms with Crippen LogP contribution in [0.3, 0.4) is 0 Å². The SMILES string of the molecule is CC(C)OCc1ccc(C(=O)OCCN2C(=O)c3ccccc3S2(=O)=O)cc1. The summed E-state index contributed by atoms with van der Waals surface area (Å²) in [6.07, 6.45) is 0.111. The lowest BCUT2D eigenvalue weighted by Crippen LogP contribution is -2.33. The lowest BCUT2D eigenvalue weighted by Gasteiger charge is -2.15. The van der Waals surface area contributed by atoms with Gasteiger partial charge >= 0.3 is 5.97 Å². The van der Waals surface area contributed by atoms with Crippen molar-refractivity contribution in [3.8, 4) is 0 Å². The van der Waals surface area contributed by atoms with Crippen molar-refractivity contribution in [2.75, 3.05) is 13.2 Å². The molecule has 0 saturated carbocycles. The molecule has 0 fully saturated rings. The molecule has 28 heavy (non-hydrogen) atoms. The third-order valence-corrected chi connectivity index (χ3v) is 6.05. The second kappa shape index (κ2) is 8.12. The maximum atomic E-state index is 12.4. The Morgan fingerprint density at radius 2 is 1.75 bits per heavy atom. The number of esters is 1. The molecular formula is C20H21NO6S. The molecule has 1 aliphatic rings. The van der Waals surface area contributed by atoms with Gasteiger partial charge in [0.1, 0.15) is 11.5 Å². The molecule has 1 amide bonds. The molecule has 1 aliphatic heterocycles. The van der Waals surface area contributed by atoms with Crippen LogP contribution in [-0.4, -0.2) is 43.9 Å². The van der Waals surface area contributed by atoms with Gasteiger partial charge in [0.25, 0.3) is 15.9 Å². The maximum absolute atomic E-state index is 12.4. The van der Waals surface area contributed by atoms with E-state index in [2.05, 4.69) is 0 Å². The van der Waals surface area contributed by atoms with E-state index in [1.54, 1.807) is 36.4 Å². The molecule has 0 aliphatic carbocycles. The molecule has 8 heteroatoms. The van der Waals surface area contributed by atoms with Gasteiger partial charge in [-0.05, 0) is 43.7 Å². The predicted octanol–water partition coefficient (Wildman–Crippen LogP) is 2.61. The highest BCUT2D eigenvalue weighted by molar-refractivity contribution is 7.90. The van der Waals surface area contributed by atoms with E-state index in [1.807, 2.05) is 13.8 Å². The van der Waals surface area contributed by atoms with E-state index in [9.17, 15) is 18.0 Å². The molecule has 0 atom stereocenters. The van der Waals surface area contributed by atoms with E-state index in [1.165, 1.54) is 12.1 Å². The second-order valence-electron chi connectivity index (χ2n) is 6.57. The molecule has 7 nitrogen and oxygen atoms in total. The van der Waals surface area contributed by atoms with E-state index < -0.39 is 21.9 Å². The molecule has 2 aromatic carbocycles. The minimum atomic E-state index is -3.90. The van der Waals surface area contributed by atoms with Crippen LogP contribution in [0.4, 0.5) is 0 Å². The van der Waals surface area contributed by atoms with Crippen molar-refractivity contribution in [3.05, 3.63) is 65.2 Å². The predicted molar refractivity (Wildman–Crippen MR) is 101 cm³/mol. The molecule has 2 aromatic rings. The van der Waals surface area contributed by atoms with E-state index in [0.29, 0.717) is 12.2 Å². The van der Waals surface area contributed by atoms with Gasteiger partial charge in [-0.25, -0.2) is 17.5 Å². The third kappa shape index (κ3) is 4.07. The summed E-state index contributed by atoms with van der Waals surface area (Å²) in [6, 6.07) is 12.8. The Morgan fingerprint density at radius 1 is 1.07 bits per heavy atom. The number of rotatable bonds is 7. The summed E-state index contributed by atoms with van der Waals surface area (Å²) in [7, 11) is -3.90. The fraction of sp³-hybridized carbons (Fsp3) is 0.300. The maximum Gasteiger partial charge on any atom is 0.338 e. The van der Waals surface area contributed by atoms with Crippen LogP contribution >= 0.6 is 0 Å². The topological polar surface area (TPSA) is 90.0 Å². The number of ether oxygens (including phenoxy) is 2. The highest BCUT2D eigenvalue weighted by Gasteiger charge is 2.40. The normalized spacial score (nSPS) is 15.0. The first-order valence-corrected chi connectivity index (χ1v) is 10.3. The van der Waals surface area contributed by atoms with Crippen LogP contribution in [0.25, 0.3) is 0 Å². The average molecular weight is 403 g/mol. The molecule has 0 aromatic heterocycles. The first kappa shape index (κ1) is 20.0. The van der Waals surface area contributed by atoms with Crippen LogP contribution < -0.4 is 0 Å². The molecule has 0 spiro atoms. The summed E-state index contributed by atoms with van der Waals surface area (Å²) < 4.78 is 36.2. The number of carbonyl (C=O) groups is 2. The molecule has 0 radical (unpaired) electrons. The Balaban J connectivity index is 1.57. The van der Waals surface area contributed by atoms with Gasteiger partial charge in [-0.1, -0.05) is 24.3 Å². The lowest BCUT2D eigenvalue weighted by molar-refractivity contribution is 0.0477. The quantitative estimate of drug-likeness (QED) is 0.660. The molecule has 1 heterocycles. The summed E-state index contributed by atoms with van der Waals surface area (Å²) in [4.78, 5) is 24.4. The monoisotopic (exact) mass is 403 g/mol. The van der Waals surface area contributed by atoms with Gasteiger partial charge in [-0.15, -0.1) is 0 Å². The summed E-state index contributed by atoms with van der Waals surface area (Å²) >= 11 is 0. The van der Waals surface area contributed by atoms with Gasteiger partial charge in [0, 0.05) is 0 Å². The van der Waals surface area contributed by atoms with Crippen LogP contribution in [0.1, 0.15) is 40.1 Å². The summed E-state index contributed by atoms with van der Waals surface area (Å²) in [6.45, 7) is 3.87. The Labute approximate surface area is 163 Å². The van der Waals surface area contributed by atoms with E-state index in [-0.39, 0.29) is 29.7 Å². The van der Waals surface area contributed by atoms with Gasteiger partial charge < -0.3 is 9.47 Å². The van der Waals surface area contributed by atoms with Crippen molar-refractivity contribution in [2.24, 2.45) is 0 Å². The zero-order chi connectivity index (χ0) is 20.3. The van der Waals surface area contributed by atoms with Gasteiger partial charge in [0.2, 0.25) is 0 Å². The Hall–Kier alpha value is -2.71.